The predicted octanol–water partition coefficient (Wildman–Crippen LogP) is 4.00. The number of carbonyl (C=O) groups excluding carboxylic acids is 2. The van der Waals surface area contributed by atoms with E-state index < -0.39 is 29.3 Å². The molecule has 2 N–H and O–H groups in total. The Hall–Kier alpha value is -2.41. The molecule has 0 saturated carbocycles. The molecule has 1 aliphatic rings. The van der Waals surface area contributed by atoms with Crippen LogP contribution in [0, 0.1) is 11.3 Å². The van der Waals surface area contributed by atoms with Crippen LogP contribution in [0.4, 0.5) is 0 Å². The van der Waals surface area contributed by atoms with E-state index in [0.717, 1.165) is 32.4 Å². The molecule has 1 aromatic rings. The Morgan fingerprint density at radius 3 is 2.55 bits per heavy atom. The van der Waals surface area contributed by atoms with Crippen LogP contribution in [-0.2, 0) is 19.8 Å². The molecule has 0 bridgehead atoms. The zero-order valence-electron chi connectivity index (χ0n) is 20.9. The number of likely N-dealkylation sites (N-methyl/N-ethyl adjacent to an activating group) is 1. The number of likely N-dealkylation sites (tertiary alicyclic amines) is 1. The van der Waals surface area contributed by atoms with Gasteiger partial charge in [0.25, 0.3) is 0 Å². The minimum atomic E-state index is -1.11. The Kier molecular flexibility index (Phi) is 9.06. The molecular weight excluding hydrogens is 420 g/mol. The fourth-order valence-electron chi connectivity index (χ4n) is 4.59. The first-order valence-electron chi connectivity index (χ1n) is 11.9. The number of nitrogens with zero attached hydrogens (tertiary/aromatic N) is 1. The number of benzene rings is 1. The highest BCUT2D eigenvalue weighted by Crippen LogP contribution is 2.38. The van der Waals surface area contributed by atoms with Gasteiger partial charge in [0.05, 0.1) is 5.41 Å². The number of rotatable bonds is 9. The van der Waals surface area contributed by atoms with Crippen molar-refractivity contribution in [3.8, 4) is 5.75 Å². The fourth-order valence-corrected chi connectivity index (χ4v) is 4.59. The number of carboxylic acids is 1. The van der Waals surface area contributed by atoms with Gasteiger partial charge in [-0.1, -0.05) is 39.3 Å². The van der Waals surface area contributed by atoms with E-state index in [1.54, 1.807) is 33.8 Å². The largest absolute Gasteiger partial charge is 0.480 e. The molecule has 1 fully saturated rings. The second-order valence-electron chi connectivity index (χ2n) is 10.4. The lowest BCUT2D eigenvalue weighted by Crippen LogP contribution is -2.46. The first-order valence-corrected chi connectivity index (χ1v) is 11.9. The van der Waals surface area contributed by atoms with Crippen molar-refractivity contribution in [2.24, 2.45) is 11.3 Å². The molecule has 1 saturated heterocycles. The average Bonchev–Trinajstić information content (AvgIpc) is 2.93. The SMILES string of the molecule is CCC1(c2cccc(OC(=O)C(C)(C)CC(=O)NC(C(=O)O)C(C)C)c2)CCCCN(C)C1. The number of amides is 1. The maximum Gasteiger partial charge on any atom is 0.326 e. The van der Waals surface area contributed by atoms with Crippen molar-refractivity contribution in [2.45, 2.75) is 78.2 Å². The van der Waals surface area contributed by atoms with Crippen LogP contribution in [0.3, 0.4) is 0 Å². The summed E-state index contributed by atoms with van der Waals surface area (Å²) in [6.07, 6.45) is 4.28. The third-order valence-corrected chi connectivity index (χ3v) is 6.76. The number of carboxylic acid groups (broad SMARTS) is 1. The summed E-state index contributed by atoms with van der Waals surface area (Å²) in [6.45, 7) is 11.0. The Morgan fingerprint density at radius 2 is 1.94 bits per heavy atom. The molecule has 7 nitrogen and oxygen atoms in total. The Balaban J connectivity index is 2.13. The molecule has 1 aliphatic heterocycles. The summed E-state index contributed by atoms with van der Waals surface area (Å²) in [5, 5.41) is 11.8. The molecule has 2 rings (SSSR count). The van der Waals surface area contributed by atoms with E-state index in [1.807, 2.05) is 12.1 Å². The van der Waals surface area contributed by atoms with Crippen molar-refractivity contribution < 1.29 is 24.2 Å². The number of ether oxygens (including phenoxy) is 1. The number of aliphatic carboxylic acids is 1. The molecule has 2 atom stereocenters. The molecule has 1 aromatic carbocycles. The molecule has 2 unspecified atom stereocenters. The monoisotopic (exact) mass is 460 g/mol. The van der Waals surface area contributed by atoms with Crippen molar-refractivity contribution in [1.29, 1.82) is 0 Å². The summed E-state index contributed by atoms with van der Waals surface area (Å²) in [4.78, 5) is 39.1. The highest BCUT2D eigenvalue weighted by molar-refractivity contribution is 5.88. The van der Waals surface area contributed by atoms with Crippen molar-refractivity contribution in [2.75, 3.05) is 20.1 Å². The van der Waals surface area contributed by atoms with Gasteiger partial charge in [-0.2, -0.15) is 0 Å². The summed E-state index contributed by atoms with van der Waals surface area (Å²) in [6, 6.07) is 6.75. The molecule has 0 aromatic heterocycles. The standard InChI is InChI=1S/C26H40N2O5/c1-7-26(13-8-9-14-28(6)17-26)19-11-10-12-20(15-19)33-24(32)25(4,5)16-21(29)27-22(18(2)3)23(30)31/h10-12,15,18,22H,7-9,13-14,16-17H2,1-6H3,(H,27,29)(H,30,31). The van der Waals surface area contributed by atoms with Gasteiger partial charge in [0.15, 0.2) is 0 Å². The van der Waals surface area contributed by atoms with Crippen LogP contribution in [0.2, 0.25) is 0 Å². The molecule has 0 spiro atoms. The third-order valence-electron chi connectivity index (χ3n) is 6.76. The van der Waals surface area contributed by atoms with E-state index in [-0.39, 0.29) is 17.8 Å². The van der Waals surface area contributed by atoms with Gasteiger partial charge in [-0.25, -0.2) is 4.79 Å². The van der Waals surface area contributed by atoms with E-state index >= 15 is 0 Å². The zero-order chi connectivity index (χ0) is 24.8. The number of esters is 1. The quantitative estimate of drug-likeness (QED) is 0.427. The van der Waals surface area contributed by atoms with E-state index in [2.05, 4.69) is 30.3 Å². The van der Waals surface area contributed by atoms with Gasteiger partial charge in [0.2, 0.25) is 5.91 Å². The van der Waals surface area contributed by atoms with Gasteiger partial charge in [-0.3, -0.25) is 9.59 Å². The van der Waals surface area contributed by atoms with Gasteiger partial charge in [0.1, 0.15) is 11.8 Å². The molecular formula is C26H40N2O5. The molecule has 0 radical (unpaired) electrons. The Labute approximate surface area is 197 Å². The Bertz CT molecular complexity index is 851. The van der Waals surface area contributed by atoms with Crippen LogP contribution in [-0.4, -0.2) is 54.0 Å². The second-order valence-corrected chi connectivity index (χ2v) is 10.4. The molecule has 1 heterocycles. The molecule has 7 heteroatoms. The van der Waals surface area contributed by atoms with Gasteiger partial charge < -0.3 is 20.1 Å². The fraction of sp³-hybridized carbons (Fsp3) is 0.654. The van der Waals surface area contributed by atoms with Gasteiger partial charge in [-0.05, 0) is 70.3 Å². The van der Waals surface area contributed by atoms with E-state index in [4.69, 9.17) is 4.74 Å². The molecule has 184 valence electrons. The van der Waals surface area contributed by atoms with E-state index in [0.29, 0.717) is 5.75 Å². The van der Waals surface area contributed by atoms with Crippen molar-refractivity contribution in [1.82, 2.24) is 10.2 Å². The van der Waals surface area contributed by atoms with Gasteiger partial charge in [0, 0.05) is 18.4 Å². The minimum Gasteiger partial charge on any atom is -0.480 e. The van der Waals surface area contributed by atoms with Crippen LogP contribution < -0.4 is 10.1 Å². The number of hydrogen-bond donors (Lipinski definition) is 2. The lowest BCUT2D eigenvalue weighted by Gasteiger charge is -2.35. The van der Waals surface area contributed by atoms with Crippen LogP contribution in [0.5, 0.6) is 5.75 Å². The average molecular weight is 461 g/mol. The summed E-state index contributed by atoms with van der Waals surface area (Å²) in [7, 11) is 2.15. The van der Waals surface area contributed by atoms with Crippen LogP contribution in [0.1, 0.15) is 72.3 Å². The maximum atomic E-state index is 12.9. The van der Waals surface area contributed by atoms with Crippen molar-refractivity contribution in [3.05, 3.63) is 29.8 Å². The summed E-state index contributed by atoms with van der Waals surface area (Å²) in [5.74, 6) is -1.90. The first kappa shape index (κ1) is 26.8. The molecule has 1 amide bonds. The third kappa shape index (κ3) is 7.03. The maximum absolute atomic E-state index is 12.9. The number of hydrogen-bond acceptors (Lipinski definition) is 5. The van der Waals surface area contributed by atoms with Crippen molar-refractivity contribution in [3.63, 3.8) is 0 Å². The normalized spacial score (nSPS) is 20.7. The minimum absolute atomic E-state index is 0.0196. The first-order chi connectivity index (χ1) is 15.4. The lowest BCUT2D eigenvalue weighted by molar-refractivity contribution is -0.148. The second kappa shape index (κ2) is 11.1. The van der Waals surface area contributed by atoms with Crippen LogP contribution >= 0.6 is 0 Å². The lowest BCUT2D eigenvalue weighted by atomic mass is 9.74. The summed E-state index contributed by atoms with van der Waals surface area (Å²) < 4.78 is 5.71. The molecule has 0 aliphatic carbocycles. The molecule has 33 heavy (non-hydrogen) atoms. The van der Waals surface area contributed by atoms with Crippen molar-refractivity contribution >= 4 is 17.8 Å². The topological polar surface area (TPSA) is 95.9 Å². The zero-order valence-corrected chi connectivity index (χ0v) is 20.9. The van der Waals surface area contributed by atoms with Crippen LogP contribution in [0.15, 0.2) is 24.3 Å². The predicted molar refractivity (Wildman–Crippen MR) is 128 cm³/mol. The number of carbonyl (C=O) groups is 3. The van der Waals surface area contributed by atoms with E-state index in [9.17, 15) is 19.5 Å². The van der Waals surface area contributed by atoms with Gasteiger partial charge >= 0.3 is 11.9 Å². The van der Waals surface area contributed by atoms with Gasteiger partial charge in [-0.15, -0.1) is 0 Å². The van der Waals surface area contributed by atoms with E-state index in [1.165, 1.54) is 12.0 Å². The number of nitrogens with one attached hydrogen (secondary N) is 1. The highest BCUT2D eigenvalue weighted by Gasteiger charge is 2.36. The Morgan fingerprint density at radius 1 is 1.24 bits per heavy atom. The highest BCUT2D eigenvalue weighted by atomic mass is 16.5. The summed E-state index contributed by atoms with van der Waals surface area (Å²) in [5.41, 5.74) is 0.0810. The summed E-state index contributed by atoms with van der Waals surface area (Å²) >= 11 is 0. The smallest absolute Gasteiger partial charge is 0.326 e. The van der Waals surface area contributed by atoms with Crippen LogP contribution in [0.25, 0.3) is 0 Å².